The molecule has 1 aliphatic heterocycles. The zero-order valence-electron chi connectivity index (χ0n) is 14.5. The van der Waals surface area contributed by atoms with Crippen LogP contribution in [-0.2, 0) is 14.3 Å². The molecular weight excluding hydrogens is 332 g/mol. The molecule has 0 aromatic heterocycles. The Morgan fingerprint density at radius 2 is 1.85 bits per heavy atom. The number of carbonyl (C=O) groups excluding carboxylic acids is 3. The molecule has 1 saturated heterocycles. The molecule has 0 spiro atoms. The van der Waals surface area contributed by atoms with Crippen molar-refractivity contribution in [1.82, 2.24) is 0 Å². The van der Waals surface area contributed by atoms with Crippen LogP contribution in [0.3, 0.4) is 0 Å². The van der Waals surface area contributed by atoms with Crippen molar-refractivity contribution in [3.63, 3.8) is 0 Å². The minimum Gasteiger partial charge on any atom is -0.452 e. The number of ether oxygens (including phenoxy) is 1. The second kappa shape index (κ2) is 7.82. The lowest BCUT2D eigenvalue weighted by Gasteiger charge is -2.18. The van der Waals surface area contributed by atoms with Gasteiger partial charge in [-0.05, 0) is 37.6 Å². The fourth-order valence-electron chi connectivity index (χ4n) is 2.83. The first kappa shape index (κ1) is 17.7. The van der Waals surface area contributed by atoms with Crippen molar-refractivity contribution in [2.75, 3.05) is 23.4 Å². The third-order valence-corrected chi connectivity index (χ3v) is 4.16. The molecule has 1 heterocycles. The van der Waals surface area contributed by atoms with Crippen LogP contribution in [0, 0.1) is 6.92 Å². The van der Waals surface area contributed by atoms with Crippen molar-refractivity contribution in [3.8, 4) is 0 Å². The van der Waals surface area contributed by atoms with E-state index in [0.717, 1.165) is 12.0 Å². The number of esters is 1. The van der Waals surface area contributed by atoms with E-state index < -0.39 is 18.5 Å². The summed E-state index contributed by atoms with van der Waals surface area (Å²) in [4.78, 5) is 37.9. The van der Waals surface area contributed by atoms with Gasteiger partial charge in [-0.3, -0.25) is 9.59 Å². The van der Waals surface area contributed by atoms with E-state index in [1.165, 1.54) is 0 Å². The number of nitrogens with zero attached hydrogens (tertiary/aromatic N) is 1. The number of aryl methyl sites for hydroxylation is 1. The standard InChI is InChI=1S/C20H20N2O4/c1-14-8-10-15(11-9-14)21-18(23)13-26-20(25)16-5-2-3-6-17(16)22-12-4-7-19(22)24/h2-3,5-6,8-11H,4,7,12-13H2,1H3,(H,21,23). The highest BCUT2D eigenvalue weighted by atomic mass is 16.5. The second-order valence-electron chi connectivity index (χ2n) is 6.16. The van der Waals surface area contributed by atoms with Crippen LogP contribution in [0.25, 0.3) is 0 Å². The topological polar surface area (TPSA) is 75.7 Å². The molecule has 2 aromatic carbocycles. The van der Waals surface area contributed by atoms with E-state index in [1.807, 2.05) is 19.1 Å². The van der Waals surface area contributed by atoms with Gasteiger partial charge in [0.1, 0.15) is 0 Å². The Balaban J connectivity index is 1.62. The predicted molar refractivity (Wildman–Crippen MR) is 98.1 cm³/mol. The third-order valence-electron chi connectivity index (χ3n) is 4.16. The number of hydrogen-bond donors (Lipinski definition) is 1. The largest absolute Gasteiger partial charge is 0.452 e. The lowest BCUT2D eigenvalue weighted by atomic mass is 10.1. The number of nitrogens with one attached hydrogen (secondary N) is 1. The molecule has 3 rings (SSSR count). The average molecular weight is 352 g/mol. The van der Waals surface area contributed by atoms with E-state index in [2.05, 4.69) is 5.32 Å². The number of carbonyl (C=O) groups is 3. The molecular formula is C20H20N2O4. The molecule has 26 heavy (non-hydrogen) atoms. The van der Waals surface area contributed by atoms with Gasteiger partial charge in [0.25, 0.3) is 5.91 Å². The summed E-state index contributed by atoms with van der Waals surface area (Å²) in [5.74, 6) is -1.06. The quantitative estimate of drug-likeness (QED) is 0.840. The summed E-state index contributed by atoms with van der Waals surface area (Å²) in [6.45, 7) is 2.14. The minimum atomic E-state index is -0.626. The van der Waals surface area contributed by atoms with Gasteiger partial charge >= 0.3 is 5.97 Å². The highest BCUT2D eigenvalue weighted by molar-refractivity contribution is 6.04. The van der Waals surface area contributed by atoms with Crippen LogP contribution in [0.4, 0.5) is 11.4 Å². The summed E-state index contributed by atoms with van der Waals surface area (Å²) >= 11 is 0. The summed E-state index contributed by atoms with van der Waals surface area (Å²) < 4.78 is 5.13. The predicted octanol–water partition coefficient (Wildman–Crippen LogP) is 2.92. The molecule has 2 aromatic rings. The summed E-state index contributed by atoms with van der Waals surface area (Å²) in [5, 5.41) is 2.67. The molecule has 0 unspecified atom stereocenters. The van der Waals surface area contributed by atoms with Gasteiger partial charge in [0.05, 0.1) is 11.3 Å². The third kappa shape index (κ3) is 4.08. The van der Waals surface area contributed by atoms with Gasteiger partial charge in [0, 0.05) is 18.7 Å². The molecule has 6 nitrogen and oxygen atoms in total. The average Bonchev–Trinajstić information content (AvgIpc) is 3.07. The van der Waals surface area contributed by atoms with Gasteiger partial charge in [-0.1, -0.05) is 29.8 Å². The highest BCUT2D eigenvalue weighted by Gasteiger charge is 2.26. The van der Waals surface area contributed by atoms with Crippen molar-refractivity contribution in [2.45, 2.75) is 19.8 Å². The normalized spacial score (nSPS) is 13.6. The van der Waals surface area contributed by atoms with Gasteiger partial charge in [-0.2, -0.15) is 0 Å². The second-order valence-corrected chi connectivity index (χ2v) is 6.16. The van der Waals surface area contributed by atoms with E-state index in [4.69, 9.17) is 4.74 Å². The number of rotatable bonds is 5. The van der Waals surface area contributed by atoms with Gasteiger partial charge in [-0.15, -0.1) is 0 Å². The highest BCUT2D eigenvalue weighted by Crippen LogP contribution is 2.26. The number of amides is 2. The molecule has 1 aliphatic rings. The Labute approximate surface area is 151 Å². The zero-order chi connectivity index (χ0) is 18.5. The van der Waals surface area contributed by atoms with Crippen LogP contribution in [0.5, 0.6) is 0 Å². The fourth-order valence-corrected chi connectivity index (χ4v) is 2.83. The first-order chi connectivity index (χ1) is 12.5. The Hall–Kier alpha value is -3.15. The molecule has 6 heteroatoms. The van der Waals surface area contributed by atoms with Crippen molar-refractivity contribution < 1.29 is 19.1 Å². The van der Waals surface area contributed by atoms with Gasteiger partial charge in [-0.25, -0.2) is 4.79 Å². The number of hydrogen-bond acceptors (Lipinski definition) is 4. The maximum Gasteiger partial charge on any atom is 0.340 e. The minimum absolute atomic E-state index is 0.0117. The lowest BCUT2D eigenvalue weighted by Crippen LogP contribution is -2.27. The fraction of sp³-hybridized carbons (Fsp3) is 0.250. The summed E-state index contributed by atoms with van der Waals surface area (Å²) in [7, 11) is 0. The van der Waals surface area contributed by atoms with Gasteiger partial charge in [0.15, 0.2) is 6.61 Å². The first-order valence-corrected chi connectivity index (χ1v) is 8.47. The SMILES string of the molecule is Cc1ccc(NC(=O)COC(=O)c2ccccc2N2CCCC2=O)cc1. The van der Waals surface area contributed by atoms with Crippen molar-refractivity contribution >= 4 is 29.2 Å². The van der Waals surface area contributed by atoms with Crippen molar-refractivity contribution in [2.24, 2.45) is 0 Å². The molecule has 0 atom stereocenters. The van der Waals surface area contributed by atoms with Crippen molar-refractivity contribution in [1.29, 1.82) is 0 Å². The Morgan fingerprint density at radius 1 is 1.12 bits per heavy atom. The monoisotopic (exact) mass is 352 g/mol. The van der Waals surface area contributed by atoms with Gasteiger partial charge < -0.3 is 15.0 Å². The van der Waals surface area contributed by atoms with Crippen LogP contribution in [0.1, 0.15) is 28.8 Å². The van der Waals surface area contributed by atoms with E-state index in [9.17, 15) is 14.4 Å². The summed E-state index contributed by atoms with van der Waals surface area (Å²) in [6.07, 6.45) is 1.24. The molecule has 134 valence electrons. The maximum absolute atomic E-state index is 12.4. The first-order valence-electron chi connectivity index (χ1n) is 8.47. The number of para-hydroxylation sites is 1. The molecule has 1 fully saturated rings. The molecule has 2 amide bonds. The Bertz CT molecular complexity index is 830. The smallest absolute Gasteiger partial charge is 0.340 e. The van der Waals surface area contributed by atoms with Crippen LogP contribution >= 0.6 is 0 Å². The number of benzene rings is 2. The molecule has 0 bridgehead atoms. The van der Waals surface area contributed by atoms with Crippen molar-refractivity contribution in [3.05, 3.63) is 59.7 Å². The molecule has 0 saturated carbocycles. The molecule has 0 aliphatic carbocycles. The lowest BCUT2D eigenvalue weighted by molar-refractivity contribution is -0.119. The summed E-state index contributed by atoms with van der Waals surface area (Å²) in [6, 6.07) is 14.1. The van der Waals surface area contributed by atoms with E-state index in [0.29, 0.717) is 24.3 Å². The van der Waals surface area contributed by atoms with Gasteiger partial charge in [0.2, 0.25) is 5.91 Å². The summed E-state index contributed by atoms with van der Waals surface area (Å²) in [5.41, 5.74) is 2.53. The van der Waals surface area contributed by atoms with E-state index in [-0.39, 0.29) is 11.5 Å². The van der Waals surface area contributed by atoms with Crippen LogP contribution in [0.2, 0.25) is 0 Å². The Kier molecular flexibility index (Phi) is 5.31. The van der Waals surface area contributed by atoms with E-state index >= 15 is 0 Å². The Morgan fingerprint density at radius 3 is 2.54 bits per heavy atom. The van der Waals surface area contributed by atoms with Crippen LogP contribution in [0.15, 0.2) is 48.5 Å². The maximum atomic E-state index is 12.4. The van der Waals surface area contributed by atoms with Crippen LogP contribution < -0.4 is 10.2 Å². The molecule has 1 N–H and O–H groups in total. The van der Waals surface area contributed by atoms with Crippen LogP contribution in [-0.4, -0.2) is 30.9 Å². The molecule has 0 radical (unpaired) electrons. The number of anilines is 2. The zero-order valence-corrected chi connectivity index (χ0v) is 14.5. The van der Waals surface area contributed by atoms with E-state index in [1.54, 1.807) is 41.3 Å².